The number of aliphatic hydroxyl groups excluding tert-OH is 1. The summed E-state index contributed by atoms with van der Waals surface area (Å²) in [7, 11) is 0. The minimum absolute atomic E-state index is 0.0522. The summed E-state index contributed by atoms with van der Waals surface area (Å²) in [5, 5.41) is 12.3. The smallest absolute Gasteiger partial charge is 0.341 e. The molecule has 21 heavy (non-hydrogen) atoms. The van der Waals surface area contributed by atoms with Crippen LogP contribution in [0.5, 0.6) is 0 Å². The van der Waals surface area contributed by atoms with Crippen LogP contribution in [0.3, 0.4) is 0 Å². The molecule has 0 bridgehead atoms. The average Bonchev–Trinajstić information content (AvgIpc) is 2.93. The van der Waals surface area contributed by atoms with E-state index in [0.717, 1.165) is 5.56 Å². The van der Waals surface area contributed by atoms with Crippen LogP contribution in [-0.4, -0.2) is 30.3 Å². The maximum atomic E-state index is 11.7. The first kappa shape index (κ1) is 14.9. The number of benzene rings is 1. The summed E-state index contributed by atoms with van der Waals surface area (Å²) in [5.74, 6) is -0.684. The van der Waals surface area contributed by atoms with Gasteiger partial charge in [-0.15, -0.1) is 0 Å². The van der Waals surface area contributed by atoms with Crippen LogP contribution in [0.4, 0.5) is 0 Å². The molecule has 110 valence electrons. The van der Waals surface area contributed by atoms with Gasteiger partial charge in [0, 0.05) is 0 Å². The van der Waals surface area contributed by atoms with Gasteiger partial charge < -0.3 is 19.9 Å². The summed E-state index contributed by atoms with van der Waals surface area (Å²) in [6.45, 7) is 8.77. The van der Waals surface area contributed by atoms with Gasteiger partial charge in [-0.2, -0.15) is 0 Å². The molecular formula is C15H16N2O4. The molecule has 2 rings (SSSR count). The molecule has 1 aromatic carbocycles. The van der Waals surface area contributed by atoms with Crippen LogP contribution in [0.15, 0.2) is 41.9 Å². The second-order valence-corrected chi connectivity index (χ2v) is 4.39. The van der Waals surface area contributed by atoms with Crippen LogP contribution in [0.2, 0.25) is 0 Å². The van der Waals surface area contributed by atoms with Gasteiger partial charge >= 0.3 is 11.7 Å². The van der Waals surface area contributed by atoms with Crippen molar-refractivity contribution in [2.45, 2.75) is 19.1 Å². The number of hydrogen-bond donors (Lipinski definition) is 2. The number of aliphatic hydroxyl groups is 1. The van der Waals surface area contributed by atoms with Gasteiger partial charge in [-0.1, -0.05) is 30.3 Å². The lowest BCUT2D eigenvalue weighted by Crippen LogP contribution is -2.29. The van der Waals surface area contributed by atoms with Crippen molar-refractivity contribution < 1.29 is 19.4 Å². The lowest BCUT2D eigenvalue weighted by molar-refractivity contribution is -0.138. The largest absolute Gasteiger partial charge is 0.477 e. The predicted octanol–water partition coefficient (Wildman–Crippen LogP) is 1.36. The number of esters is 1. The molecule has 2 unspecified atom stereocenters. The van der Waals surface area contributed by atoms with Crippen LogP contribution < -0.4 is 5.32 Å². The monoisotopic (exact) mass is 288 g/mol. The molecule has 1 aliphatic heterocycles. The van der Waals surface area contributed by atoms with Crippen LogP contribution in [0.1, 0.15) is 18.6 Å². The quantitative estimate of drug-likeness (QED) is 0.497. The zero-order valence-electron chi connectivity index (χ0n) is 11.6. The molecule has 0 aromatic heterocycles. The fourth-order valence-corrected chi connectivity index (χ4v) is 2.08. The molecule has 6 heteroatoms. The van der Waals surface area contributed by atoms with E-state index in [1.54, 1.807) is 6.92 Å². The molecule has 6 nitrogen and oxygen atoms in total. The van der Waals surface area contributed by atoms with Gasteiger partial charge in [-0.3, -0.25) is 4.79 Å². The summed E-state index contributed by atoms with van der Waals surface area (Å²) in [4.78, 5) is 14.9. The highest BCUT2D eigenvalue weighted by Crippen LogP contribution is 2.31. The highest BCUT2D eigenvalue weighted by atomic mass is 16.5. The van der Waals surface area contributed by atoms with Crippen molar-refractivity contribution in [3.05, 3.63) is 58.9 Å². The average molecular weight is 288 g/mol. The lowest BCUT2D eigenvalue weighted by atomic mass is 10.0. The first-order chi connectivity index (χ1) is 10.2. The maximum Gasteiger partial charge on any atom is 0.341 e. The number of nitrogens with one attached hydrogen (secondary N) is 1. The molecule has 2 atom stereocenters. The standard InChI is InChI=1S/C15H16N2O4/c1-3-20-15(19)12(16-2)14-17-11(9-18)13(21-14)10-7-5-4-6-8-10/h4-8,11,13,17-18H,3,9H2,1H3/b14-12+. The Morgan fingerprint density at radius 2 is 2.19 bits per heavy atom. The van der Waals surface area contributed by atoms with Gasteiger partial charge in [0.15, 0.2) is 5.88 Å². The van der Waals surface area contributed by atoms with E-state index in [1.165, 1.54) is 0 Å². The molecule has 1 saturated heterocycles. The Bertz CT molecular complexity index is 577. The van der Waals surface area contributed by atoms with Gasteiger partial charge in [0.05, 0.1) is 25.8 Å². The van der Waals surface area contributed by atoms with Crippen LogP contribution in [-0.2, 0) is 14.3 Å². The highest BCUT2D eigenvalue weighted by molar-refractivity contribution is 5.90. The fourth-order valence-electron chi connectivity index (χ4n) is 2.08. The summed E-state index contributed by atoms with van der Waals surface area (Å²) in [6.07, 6.45) is -0.461. The van der Waals surface area contributed by atoms with E-state index < -0.39 is 18.1 Å². The summed E-state index contributed by atoms with van der Waals surface area (Å²) < 4.78 is 10.5. The molecule has 1 aromatic rings. The van der Waals surface area contributed by atoms with Crippen LogP contribution >= 0.6 is 0 Å². The second-order valence-electron chi connectivity index (χ2n) is 4.39. The number of carbonyl (C=O) groups is 1. The zero-order valence-corrected chi connectivity index (χ0v) is 11.6. The third-order valence-electron chi connectivity index (χ3n) is 3.05. The third-order valence-corrected chi connectivity index (χ3v) is 3.05. The number of ether oxygens (including phenoxy) is 2. The van der Waals surface area contributed by atoms with E-state index in [4.69, 9.17) is 16.0 Å². The Morgan fingerprint density at radius 1 is 1.48 bits per heavy atom. The van der Waals surface area contributed by atoms with Crippen LogP contribution in [0.25, 0.3) is 4.85 Å². The Labute approximate surface area is 122 Å². The first-order valence-electron chi connectivity index (χ1n) is 6.59. The molecular weight excluding hydrogens is 272 g/mol. The number of hydrogen-bond acceptors (Lipinski definition) is 5. The van der Waals surface area contributed by atoms with E-state index >= 15 is 0 Å². The van der Waals surface area contributed by atoms with Gasteiger partial charge in [-0.25, -0.2) is 4.85 Å². The SMILES string of the molecule is [C-]#[N+]/C(C(=O)OCC)=C1\NC(CO)C(c2ccccc2)O1. The van der Waals surface area contributed by atoms with Crippen molar-refractivity contribution in [3.63, 3.8) is 0 Å². The van der Waals surface area contributed by atoms with Crippen molar-refractivity contribution in [1.82, 2.24) is 5.32 Å². The third kappa shape index (κ3) is 3.15. The van der Waals surface area contributed by atoms with E-state index in [0.29, 0.717) is 0 Å². The van der Waals surface area contributed by atoms with Crippen molar-refractivity contribution in [3.8, 4) is 0 Å². The van der Waals surface area contributed by atoms with E-state index in [-0.39, 0.29) is 24.8 Å². The molecule has 1 heterocycles. The Morgan fingerprint density at radius 3 is 2.76 bits per heavy atom. The summed E-state index contributed by atoms with van der Waals surface area (Å²) in [6, 6.07) is 8.89. The van der Waals surface area contributed by atoms with Crippen molar-refractivity contribution >= 4 is 5.97 Å². The van der Waals surface area contributed by atoms with E-state index in [9.17, 15) is 9.90 Å². The van der Waals surface area contributed by atoms with Crippen LogP contribution in [0, 0.1) is 6.57 Å². The van der Waals surface area contributed by atoms with Crippen molar-refractivity contribution in [2.24, 2.45) is 0 Å². The number of carbonyl (C=O) groups excluding carboxylic acids is 1. The highest BCUT2D eigenvalue weighted by Gasteiger charge is 2.36. The topological polar surface area (TPSA) is 72.2 Å². The Hall–Kier alpha value is -2.52. The number of nitrogens with zero attached hydrogens (tertiary/aromatic N) is 1. The Kier molecular flexibility index (Phi) is 4.80. The molecule has 0 radical (unpaired) electrons. The first-order valence-corrected chi connectivity index (χ1v) is 6.59. The second kappa shape index (κ2) is 6.77. The molecule has 2 N–H and O–H groups in total. The summed E-state index contributed by atoms with van der Waals surface area (Å²) in [5.41, 5.74) is 0.612. The molecule has 0 spiro atoms. The predicted molar refractivity (Wildman–Crippen MR) is 74.5 cm³/mol. The van der Waals surface area contributed by atoms with Crippen molar-refractivity contribution in [2.75, 3.05) is 13.2 Å². The van der Waals surface area contributed by atoms with E-state index in [1.807, 2.05) is 30.3 Å². The maximum absolute atomic E-state index is 11.7. The number of rotatable bonds is 4. The minimum atomic E-state index is -0.736. The van der Waals surface area contributed by atoms with Gasteiger partial charge in [0.2, 0.25) is 0 Å². The molecule has 1 fully saturated rings. The molecule has 0 amide bonds. The minimum Gasteiger partial charge on any atom is -0.477 e. The molecule has 1 aliphatic rings. The molecule has 0 aliphatic carbocycles. The summed E-state index contributed by atoms with van der Waals surface area (Å²) >= 11 is 0. The lowest BCUT2D eigenvalue weighted by Gasteiger charge is -2.15. The fraction of sp³-hybridized carbons (Fsp3) is 0.333. The van der Waals surface area contributed by atoms with E-state index in [2.05, 4.69) is 10.2 Å². The normalized spacial score (nSPS) is 22.7. The van der Waals surface area contributed by atoms with Gasteiger partial charge in [0.1, 0.15) is 6.10 Å². The van der Waals surface area contributed by atoms with Gasteiger partial charge in [-0.05, 0) is 12.5 Å². The zero-order chi connectivity index (χ0) is 15.2. The molecule has 0 saturated carbocycles. The van der Waals surface area contributed by atoms with Crippen molar-refractivity contribution in [1.29, 1.82) is 0 Å². The Balaban J connectivity index is 2.29. The van der Waals surface area contributed by atoms with Gasteiger partial charge in [0.25, 0.3) is 0 Å².